The highest BCUT2D eigenvalue weighted by Crippen LogP contribution is 2.18. The number of aliphatic hydroxyl groups is 1. The second-order valence-corrected chi connectivity index (χ2v) is 4.02. The van der Waals surface area contributed by atoms with Gasteiger partial charge in [0, 0.05) is 20.4 Å². The number of rotatable bonds is 5. The predicted molar refractivity (Wildman–Crippen MR) is 61.6 cm³/mol. The summed E-state index contributed by atoms with van der Waals surface area (Å²) in [7, 11) is 3.34. The van der Waals surface area contributed by atoms with Crippen molar-refractivity contribution in [3.05, 3.63) is 29.7 Å². The molecule has 2 rings (SSSR count). The highest BCUT2D eigenvalue weighted by atomic mass is 16.5. The Morgan fingerprint density at radius 3 is 2.94 bits per heavy atom. The number of hydrogen-bond acceptors (Lipinski definition) is 6. The average Bonchev–Trinajstić information content (AvgIpc) is 2.97. The van der Waals surface area contributed by atoms with Crippen LogP contribution in [0.2, 0.25) is 0 Å². The number of ether oxygens (including phenoxy) is 1. The maximum absolute atomic E-state index is 10.0. The lowest BCUT2D eigenvalue weighted by molar-refractivity contribution is 0.109. The molecule has 1 N–H and O–H groups in total. The van der Waals surface area contributed by atoms with E-state index in [4.69, 9.17) is 9.26 Å². The van der Waals surface area contributed by atoms with Gasteiger partial charge in [-0.3, -0.25) is 4.68 Å². The lowest BCUT2D eigenvalue weighted by Gasteiger charge is -2.07. The SMILES string of the molecule is COC(C)c1noc(CC(O)c2ccnn2C)n1. The molecule has 0 saturated carbocycles. The van der Waals surface area contributed by atoms with Crippen LogP contribution in [0.5, 0.6) is 0 Å². The Hall–Kier alpha value is -1.73. The molecule has 2 aromatic rings. The number of nitrogens with zero attached hydrogens (tertiary/aromatic N) is 4. The second-order valence-electron chi connectivity index (χ2n) is 4.02. The van der Waals surface area contributed by atoms with Crippen LogP contribution in [-0.2, 0) is 18.2 Å². The van der Waals surface area contributed by atoms with Crippen LogP contribution in [0.4, 0.5) is 0 Å². The number of methoxy groups -OCH3 is 1. The molecule has 0 saturated heterocycles. The molecule has 2 unspecified atom stereocenters. The quantitative estimate of drug-likeness (QED) is 0.846. The van der Waals surface area contributed by atoms with E-state index in [1.807, 2.05) is 6.92 Å². The molecule has 0 aliphatic carbocycles. The topological polar surface area (TPSA) is 86.2 Å². The molecular weight excluding hydrogens is 236 g/mol. The number of aryl methyl sites for hydroxylation is 1. The zero-order valence-electron chi connectivity index (χ0n) is 10.6. The third-order valence-corrected chi connectivity index (χ3v) is 2.77. The van der Waals surface area contributed by atoms with Gasteiger partial charge in [-0.1, -0.05) is 5.16 Å². The van der Waals surface area contributed by atoms with E-state index in [-0.39, 0.29) is 12.5 Å². The van der Waals surface area contributed by atoms with Crippen LogP contribution < -0.4 is 0 Å². The number of aliphatic hydroxyl groups excluding tert-OH is 1. The van der Waals surface area contributed by atoms with Crippen molar-refractivity contribution in [1.29, 1.82) is 0 Å². The van der Waals surface area contributed by atoms with Crippen LogP contribution >= 0.6 is 0 Å². The smallest absolute Gasteiger partial charge is 0.229 e. The summed E-state index contributed by atoms with van der Waals surface area (Å²) < 4.78 is 11.8. The Labute approximate surface area is 104 Å². The molecule has 18 heavy (non-hydrogen) atoms. The normalized spacial score (nSPS) is 14.7. The van der Waals surface area contributed by atoms with Gasteiger partial charge < -0.3 is 14.4 Å². The molecule has 0 aliphatic heterocycles. The highest BCUT2D eigenvalue weighted by molar-refractivity contribution is 5.06. The van der Waals surface area contributed by atoms with Crippen molar-refractivity contribution in [2.24, 2.45) is 7.05 Å². The van der Waals surface area contributed by atoms with Gasteiger partial charge in [-0.2, -0.15) is 10.1 Å². The third-order valence-electron chi connectivity index (χ3n) is 2.77. The Morgan fingerprint density at radius 1 is 1.56 bits per heavy atom. The molecule has 2 aromatic heterocycles. The fourth-order valence-electron chi connectivity index (χ4n) is 1.60. The molecule has 0 aromatic carbocycles. The molecule has 2 heterocycles. The van der Waals surface area contributed by atoms with Crippen molar-refractivity contribution in [3.8, 4) is 0 Å². The van der Waals surface area contributed by atoms with Gasteiger partial charge in [0.25, 0.3) is 0 Å². The van der Waals surface area contributed by atoms with E-state index in [0.29, 0.717) is 17.4 Å². The summed E-state index contributed by atoms with van der Waals surface area (Å²) in [4.78, 5) is 4.17. The van der Waals surface area contributed by atoms with Crippen LogP contribution in [0.25, 0.3) is 0 Å². The molecule has 0 amide bonds. The molecule has 0 bridgehead atoms. The van der Waals surface area contributed by atoms with E-state index < -0.39 is 6.10 Å². The summed E-state index contributed by atoms with van der Waals surface area (Å²) in [6, 6.07) is 1.75. The van der Waals surface area contributed by atoms with Crippen LogP contribution in [0.3, 0.4) is 0 Å². The maximum Gasteiger partial charge on any atom is 0.229 e. The zero-order chi connectivity index (χ0) is 13.1. The van der Waals surface area contributed by atoms with Crippen LogP contribution in [0, 0.1) is 0 Å². The molecule has 7 nitrogen and oxygen atoms in total. The Bertz CT molecular complexity index is 508. The number of hydrogen-bond donors (Lipinski definition) is 1. The Kier molecular flexibility index (Phi) is 3.73. The summed E-state index contributed by atoms with van der Waals surface area (Å²) >= 11 is 0. The van der Waals surface area contributed by atoms with Gasteiger partial charge in [0.2, 0.25) is 5.89 Å². The molecule has 7 heteroatoms. The average molecular weight is 252 g/mol. The van der Waals surface area contributed by atoms with Gasteiger partial charge in [0.15, 0.2) is 5.82 Å². The maximum atomic E-state index is 10.0. The fourth-order valence-corrected chi connectivity index (χ4v) is 1.60. The van der Waals surface area contributed by atoms with Crippen molar-refractivity contribution >= 4 is 0 Å². The van der Waals surface area contributed by atoms with Gasteiger partial charge in [0.05, 0.1) is 12.1 Å². The first-order chi connectivity index (χ1) is 8.61. The molecule has 2 atom stereocenters. The number of aromatic nitrogens is 4. The summed E-state index contributed by atoms with van der Waals surface area (Å²) in [5, 5.41) is 17.8. The summed E-state index contributed by atoms with van der Waals surface area (Å²) in [5.41, 5.74) is 0.703. The summed E-state index contributed by atoms with van der Waals surface area (Å²) in [5.74, 6) is 0.854. The first-order valence-electron chi connectivity index (χ1n) is 5.63. The van der Waals surface area contributed by atoms with E-state index in [0.717, 1.165) is 0 Å². The summed E-state index contributed by atoms with van der Waals surface area (Å²) in [6.45, 7) is 1.83. The Morgan fingerprint density at radius 2 is 2.33 bits per heavy atom. The van der Waals surface area contributed by atoms with Gasteiger partial charge in [0.1, 0.15) is 12.2 Å². The van der Waals surface area contributed by atoms with Crippen molar-refractivity contribution in [1.82, 2.24) is 19.9 Å². The largest absolute Gasteiger partial charge is 0.386 e. The molecular formula is C11H16N4O3. The minimum Gasteiger partial charge on any atom is -0.386 e. The van der Waals surface area contributed by atoms with Crippen LogP contribution in [0.1, 0.15) is 36.5 Å². The van der Waals surface area contributed by atoms with E-state index in [2.05, 4.69) is 15.2 Å². The van der Waals surface area contributed by atoms with E-state index in [1.165, 1.54) is 0 Å². The second kappa shape index (κ2) is 5.28. The minimum absolute atomic E-state index is 0.226. The molecule has 0 fully saturated rings. The van der Waals surface area contributed by atoms with E-state index in [1.54, 1.807) is 31.1 Å². The van der Waals surface area contributed by atoms with Crippen molar-refractivity contribution < 1.29 is 14.4 Å². The predicted octanol–water partition coefficient (Wildman–Crippen LogP) is 0.787. The summed E-state index contributed by atoms with van der Waals surface area (Å²) in [6.07, 6.45) is 0.938. The first-order valence-corrected chi connectivity index (χ1v) is 5.63. The molecule has 0 aliphatic rings. The standard InChI is InChI=1S/C11H16N4O3/c1-7(17-3)11-13-10(18-14-11)6-9(16)8-4-5-12-15(8)2/h4-5,7,9,16H,6H2,1-3H3. The molecule has 98 valence electrons. The lowest BCUT2D eigenvalue weighted by atomic mass is 10.2. The van der Waals surface area contributed by atoms with E-state index in [9.17, 15) is 5.11 Å². The zero-order valence-corrected chi connectivity index (χ0v) is 10.6. The molecule has 0 spiro atoms. The fraction of sp³-hybridized carbons (Fsp3) is 0.545. The van der Waals surface area contributed by atoms with Crippen molar-refractivity contribution in [2.45, 2.75) is 25.6 Å². The van der Waals surface area contributed by atoms with Gasteiger partial charge in [-0.05, 0) is 13.0 Å². The van der Waals surface area contributed by atoms with Crippen molar-refractivity contribution in [3.63, 3.8) is 0 Å². The minimum atomic E-state index is -0.719. The molecule has 0 radical (unpaired) electrons. The first kappa shape index (κ1) is 12.7. The van der Waals surface area contributed by atoms with Gasteiger partial charge in [-0.25, -0.2) is 0 Å². The van der Waals surface area contributed by atoms with Gasteiger partial charge in [-0.15, -0.1) is 0 Å². The third kappa shape index (κ3) is 2.57. The lowest BCUT2D eigenvalue weighted by Crippen LogP contribution is -2.08. The van der Waals surface area contributed by atoms with Crippen LogP contribution in [0.15, 0.2) is 16.8 Å². The Balaban J connectivity index is 2.06. The van der Waals surface area contributed by atoms with Crippen LogP contribution in [-0.4, -0.2) is 32.1 Å². The highest BCUT2D eigenvalue weighted by Gasteiger charge is 2.18. The van der Waals surface area contributed by atoms with Crippen molar-refractivity contribution in [2.75, 3.05) is 7.11 Å². The van der Waals surface area contributed by atoms with E-state index >= 15 is 0 Å². The monoisotopic (exact) mass is 252 g/mol. The van der Waals surface area contributed by atoms with Gasteiger partial charge >= 0.3 is 0 Å².